The fourth-order valence-corrected chi connectivity index (χ4v) is 2.72. The maximum Gasteiger partial charge on any atom is 0.248 e. The van der Waals surface area contributed by atoms with Crippen molar-refractivity contribution in [2.75, 3.05) is 19.6 Å². The Hall–Kier alpha value is -1.39. The van der Waals surface area contributed by atoms with E-state index in [9.17, 15) is 4.79 Å². The topological polar surface area (TPSA) is 55.6 Å². The Kier molecular flexibility index (Phi) is 4.56. The van der Waals surface area contributed by atoms with Crippen molar-refractivity contribution in [3.8, 4) is 0 Å². The first kappa shape index (κ1) is 14.0. The average molecular weight is 262 g/mol. The summed E-state index contributed by atoms with van der Waals surface area (Å²) >= 11 is 0. The average Bonchev–Trinajstić information content (AvgIpc) is 2.35. The first-order chi connectivity index (χ1) is 9.06. The molecule has 2 atom stereocenters. The highest BCUT2D eigenvalue weighted by Gasteiger charge is 2.22. The fourth-order valence-electron chi connectivity index (χ4n) is 2.72. The monoisotopic (exact) mass is 262 g/mol. The van der Waals surface area contributed by atoms with Crippen molar-refractivity contribution in [2.24, 2.45) is 5.73 Å². The van der Waals surface area contributed by atoms with Crippen LogP contribution in [0, 0.1) is 0 Å². The summed E-state index contributed by atoms with van der Waals surface area (Å²) in [5.74, 6) is -0.348. The predicted octanol–water partition coefficient (Wildman–Crippen LogP) is 1.44. The van der Waals surface area contributed by atoms with Crippen molar-refractivity contribution in [1.82, 2.24) is 4.90 Å². The summed E-state index contributed by atoms with van der Waals surface area (Å²) in [6.45, 7) is 7.02. The molecule has 19 heavy (non-hydrogen) atoms. The van der Waals surface area contributed by atoms with E-state index in [0.717, 1.165) is 31.6 Å². The molecule has 4 nitrogen and oxygen atoms in total. The van der Waals surface area contributed by atoms with Gasteiger partial charge in [-0.3, -0.25) is 9.69 Å². The van der Waals surface area contributed by atoms with Gasteiger partial charge in [-0.1, -0.05) is 18.2 Å². The zero-order chi connectivity index (χ0) is 13.8. The molecular formula is C15H22N2O2. The number of nitrogens with two attached hydrogens (primary N) is 1. The van der Waals surface area contributed by atoms with E-state index in [1.165, 1.54) is 0 Å². The minimum Gasteiger partial charge on any atom is -0.373 e. The van der Waals surface area contributed by atoms with Crippen molar-refractivity contribution < 1.29 is 9.53 Å². The first-order valence-electron chi connectivity index (χ1n) is 6.81. The number of carbonyl (C=O) groups is 1. The molecule has 0 saturated carbocycles. The van der Waals surface area contributed by atoms with Gasteiger partial charge in [-0.15, -0.1) is 0 Å². The number of rotatable bonds is 4. The lowest BCUT2D eigenvalue weighted by atomic mass is 10.0. The molecule has 1 aromatic rings. The second-order valence-corrected chi connectivity index (χ2v) is 5.29. The van der Waals surface area contributed by atoms with E-state index in [0.29, 0.717) is 5.56 Å². The summed E-state index contributed by atoms with van der Waals surface area (Å²) in [5, 5.41) is 0. The quantitative estimate of drug-likeness (QED) is 0.893. The molecule has 1 fully saturated rings. The summed E-state index contributed by atoms with van der Waals surface area (Å²) in [4.78, 5) is 13.8. The van der Waals surface area contributed by atoms with Crippen LogP contribution in [0.25, 0.3) is 0 Å². The largest absolute Gasteiger partial charge is 0.373 e. The van der Waals surface area contributed by atoms with E-state index in [1.54, 1.807) is 6.07 Å². The molecule has 2 N–H and O–H groups in total. The lowest BCUT2D eigenvalue weighted by molar-refractivity contribution is -0.0675. The molecule has 1 amide bonds. The van der Waals surface area contributed by atoms with E-state index in [2.05, 4.69) is 18.7 Å². The van der Waals surface area contributed by atoms with Gasteiger partial charge < -0.3 is 10.5 Å². The Bertz CT molecular complexity index is 438. The first-order valence-corrected chi connectivity index (χ1v) is 6.81. The number of primary amides is 1. The highest BCUT2D eigenvalue weighted by Crippen LogP contribution is 2.13. The van der Waals surface area contributed by atoms with Crippen molar-refractivity contribution in [3.63, 3.8) is 0 Å². The SMILES string of the molecule is CC1CN(CCc2ccccc2C(N)=O)CC(C)O1. The second-order valence-electron chi connectivity index (χ2n) is 5.29. The lowest BCUT2D eigenvalue weighted by Crippen LogP contribution is -2.46. The fraction of sp³-hybridized carbons (Fsp3) is 0.533. The number of nitrogens with zero attached hydrogens (tertiary/aromatic N) is 1. The summed E-state index contributed by atoms with van der Waals surface area (Å²) in [6, 6.07) is 7.57. The predicted molar refractivity (Wildman–Crippen MR) is 75.1 cm³/mol. The highest BCUT2D eigenvalue weighted by molar-refractivity contribution is 5.94. The molecule has 1 saturated heterocycles. The third-order valence-corrected chi connectivity index (χ3v) is 3.48. The zero-order valence-electron chi connectivity index (χ0n) is 11.6. The van der Waals surface area contributed by atoms with Gasteiger partial charge >= 0.3 is 0 Å². The van der Waals surface area contributed by atoms with Gasteiger partial charge in [0.25, 0.3) is 0 Å². The van der Waals surface area contributed by atoms with Gasteiger partial charge in [-0.25, -0.2) is 0 Å². The van der Waals surface area contributed by atoms with Crippen LogP contribution >= 0.6 is 0 Å². The third kappa shape index (κ3) is 3.78. The van der Waals surface area contributed by atoms with Gasteiger partial charge in [0.1, 0.15) is 0 Å². The van der Waals surface area contributed by atoms with Crippen LogP contribution in [0.15, 0.2) is 24.3 Å². The molecule has 0 radical (unpaired) electrons. The Morgan fingerprint density at radius 1 is 1.32 bits per heavy atom. The van der Waals surface area contributed by atoms with E-state index in [4.69, 9.17) is 10.5 Å². The number of morpholine rings is 1. The van der Waals surface area contributed by atoms with Gasteiger partial charge in [-0.05, 0) is 31.9 Å². The normalized spacial score (nSPS) is 24.3. The molecule has 1 heterocycles. The molecule has 2 unspecified atom stereocenters. The Labute approximate surface area is 114 Å². The minimum atomic E-state index is -0.348. The lowest BCUT2D eigenvalue weighted by Gasteiger charge is -2.35. The molecule has 0 aromatic heterocycles. The summed E-state index contributed by atoms with van der Waals surface area (Å²) in [7, 11) is 0. The Balaban J connectivity index is 1.97. The van der Waals surface area contributed by atoms with Crippen LogP contribution in [0.3, 0.4) is 0 Å². The number of hydrogen-bond donors (Lipinski definition) is 1. The Morgan fingerprint density at radius 2 is 1.95 bits per heavy atom. The Morgan fingerprint density at radius 3 is 2.58 bits per heavy atom. The molecule has 0 aliphatic carbocycles. The van der Waals surface area contributed by atoms with Crippen molar-refractivity contribution in [2.45, 2.75) is 32.5 Å². The third-order valence-electron chi connectivity index (χ3n) is 3.48. The number of amides is 1. The van der Waals surface area contributed by atoms with Crippen LogP contribution in [-0.2, 0) is 11.2 Å². The molecule has 0 spiro atoms. The van der Waals surface area contributed by atoms with E-state index in [1.807, 2.05) is 18.2 Å². The number of carbonyl (C=O) groups excluding carboxylic acids is 1. The summed E-state index contributed by atoms with van der Waals surface area (Å²) in [6.07, 6.45) is 1.39. The maximum atomic E-state index is 11.4. The summed E-state index contributed by atoms with van der Waals surface area (Å²) in [5.41, 5.74) is 7.06. The zero-order valence-corrected chi connectivity index (χ0v) is 11.6. The number of benzene rings is 1. The number of hydrogen-bond acceptors (Lipinski definition) is 3. The van der Waals surface area contributed by atoms with Crippen molar-refractivity contribution in [1.29, 1.82) is 0 Å². The smallest absolute Gasteiger partial charge is 0.248 e. The maximum absolute atomic E-state index is 11.4. The van der Waals surface area contributed by atoms with Crippen LogP contribution in [0.2, 0.25) is 0 Å². The molecule has 1 aliphatic heterocycles. The van der Waals surface area contributed by atoms with Crippen LogP contribution in [0.4, 0.5) is 0 Å². The molecule has 4 heteroatoms. The second kappa shape index (κ2) is 6.17. The molecule has 0 bridgehead atoms. The van der Waals surface area contributed by atoms with Gasteiger partial charge in [0.15, 0.2) is 0 Å². The van der Waals surface area contributed by atoms with Gasteiger partial charge in [0.2, 0.25) is 5.91 Å². The van der Waals surface area contributed by atoms with Crippen molar-refractivity contribution >= 4 is 5.91 Å². The van der Waals surface area contributed by atoms with Crippen LogP contribution < -0.4 is 5.73 Å². The van der Waals surface area contributed by atoms with Gasteiger partial charge in [0.05, 0.1) is 12.2 Å². The van der Waals surface area contributed by atoms with Crippen molar-refractivity contribution in [3.05, 3.63) is 35.4 Å². The molecular weight excluding hydrogens is 240 g/mol. The summed E-state index contributed by atoms with van der Waals surface area (Å²) < 4.78 is 5.71. The minimum absolute atomic E-state index is 0.273. The molecule has 1 aromatic carbocycles. The molecule has 2 rings (SSSR count). The van der Waals surface area contributed by atoms with E-state index < -0.39 is 0 Å². The molecule has 104 valence electrons. The van der Waals surface area contributed by atoms with E-state index in [-0.39, 0.29) is 18.1 Å². The standard InChI is InChI=1S/C15H22N2O2/c1-11-9-17(10-12(2)19-11)8-7-13-5-3-4-6-14(13)15(16)18/h3-6,11-12H,7-10H2,1-2H3,(H2,16,18). The van der Waals surface area contributed by atoms with Gasteiger partial charge in [0, 0.05) is 25.2 Å². The van der Waals surface area contributed by atoms with Crippen LogP contribution in [0.5, 0.6) is 0 Å². The number of ether oxygens (including phenoxy) is 1. The van der Waals surface area contributed by atoms with E-state index >= 15 is 0 Å². The van der Waals surface area contributed by atoms with Crippen LogP contribution in [0.1, 0.15) is 29.8 Å². The van der Waals surface area contributed by atoms with Gasteiger partial charge in [-0.2, -0.15) is 0 Å². The van der Waals surface area contributed by atoms with Crippen LogP contribution in [-0.4, -0.2) is 42.6 Å². The molecule has 1 aliphatic rings. The highest BCUT2D eigenvalue weighted by atomic mass is 16.5.